The van der Waals surface area contributed by atoms with Crippen molar-refractivity contribution in [3.63, 3.8) is 0 Å². The zero-order valence-electron chi connectivity index (χ0n) is 13.9. The number of carbonyl (C=O) groups excluding carboxylic acids is 1. The van der Waals surface area contributed by atoms with Gasteiger partial charge in [-0.05, 0) is 30.3 Å². The second-order valence-corrected chi connectivity index (χ2v) is 6.49. The second-order valence-electron chi connectivity index (χ2n) is 5.58. The molecule has 140 valence electrons. The lowest BCUT2D eigenvalue weighted by Crippen LogP contribution is -2.32. The Kier molecular flexibility index (Phi) is 5.80. The zero-order valence-corrected chi connectivity index (χ0v) is 15.4. The molecule has 0 aliphatic heterocycles. The average Bonchev–Trinajstić information content (AvgIpc) is 2.64. The molecule has 2 aromatic carbocycles. The summed E-state index contributed by atoms with van der Waals surface area (Å²) < 4.78 is 31.4. The molecule has 0 saturated heterocycles. The van der Waals surface area contributed by atoms with Crippen LogP contribution in [0.1, 0.15) is 5.56 Å². The van der Waals surface area contributed by atoms with E-state index in [1.54, 1.807) is 36.4 Å². The molecule has 0 aliphatic rings. The normalized spacial score (nSPS) is 11.0. The molecule has 0 atom stereocenters. The molecule has 1 heterocycles. The van der Waals surface area contributed by atoms with Crippen LogP contribution in [0.15, 0.2) is 57.9 Å². The maximum atomic E-state index is 12.5. The molecule has 27 heavy (non-hydrogen) atoms. The molecule has 0 fully saturated rings. The number of ether oxygens (including phenoxy) is 1. The van der Waals surface area contributed by atoms with E-state index in [0.717, 1.165) is 6.20 Å². The number of nitrogens with one attached hydrogen (secondary N) is 1. The summed E-state index contributed by atoms with van der Waals surface area (Å²) in [6.07, 6.45) is 1.15. The summed E-state index contributed by atoms with van der Waals surface area (Å²) in [5.74, 6) is -0.476. The number of fused-ring (bicyclic) bond motifs is 1. The Morgan fingerprint density at radius 1 is 1.26 bits per heavy atom. The van der Waals surface area contributed by atoms with Gasteiger partial charge in [0.25, 0.3) is 5.56 Å². The van der Waals surface area contributed by atoms with E-state index in [4.69, 9.17) is 0 Å². The number of para-hydroxylation sites is 2. The van der Waals surface area contributed by atoms with Crippen molar-refractivity contribution >= 4 is 32.9 Å². The van der Waals surface area contributed by atoms with Gasteiger partial charge in [0.1, 0.15) is 12.3 Å². The van der Waals surface area contributed by atoms with Crippen LogP contribution in [0.4, 0.5) is 8.78 Å². The van der Waals surface area contributed by atoms with Crippen LogP contribution in [0.3, 0.4) is 0 Å². The number of nitrogens with zero attached hydrogens (tertiary/aromatic N) is 2. The molecule has 6 nitrogen and oxygen atoms in total. The summed E-state index contributed by atoms with van der Waals surface area (Å²) in [5.41, 5.74) is 1.09. The van der Waals surface area contributed by atoms with E-state index in [0.29, 0.717) is 21.1 Å². The van der Waals surface area contributed by atoms with Crippen molar-refractivity contribution in [2.45, 2.75) is 19.7 Å². The molecule has 1 N–H and O–H groups in total. The molecule has 0 radical (unpaired) electrons. The largest absolute Gasteiger partial charge is 0.434 e. The number of carbonyl (C=O) groups is 1. The van der Waals surface area contributed by atoms with Gasteiger partial charge in [0.05, 0.1) is 17.2 Å². The van der Waals surface area contributed by atoms with Gasteiger partial charge < -0.3 is 10.1 Å². The highest BCUT2D eigenvalue weighted by molar-refractivity contribution is 9.10. The number of halogens is 3. The van der Waals surface area contributed by atoms with Crippen molar-refractivity contribution in [1.29, 1.82) is 0 Å². The first-order chi connectivity index (χ1) is 12.9. The van der Waals surface area contributed by atoms with Crippen LogP contribution in [-0.2, 0) is 17.9 Å². The van der Waals surface area contributed by atoms with E-state index >= 15 is 0 Å². The summed E-state index contributed by atoms with van der Waals surface area (Å²) in [5, 5.41) is 2.62. The zero-order chi connectivity index (χ0) is 19.4. The standard InChI is InChI=1S/C18H14BrF2N3O3/c19-12-5-6-15(27-18(20)21)11(7-12)8-23-16(25)10-24-14-4-2-1-3-13(14)22-9-17(24)26/h1-7,9,18H,8,10H2,(H,23,25). The number of amides is 1. The van der Waals surface area contributed by atoms with Crippen LogP contribution < -0.4 is 15.6 Å². The molecule has 3 aromatic rings. The fourth-order valence-corrected chi connectivity index (χ4v) is 2.98. The van der Waals surface area contributed by atoms with E-state index in [9.17, 15) is 18.4 Å². The number of aromatic nitrogens is 2. The highest BCUT2D eigenvalue weighted by atomic mass is 79.9. The first kappa shape index (κ1) is 19.0. The molecule has 0 aliphatic carbocycles. The SMILES string of the molecule is O=C(Cn1c(=O)cnc2ccccc21)NCc1cc(Br)ccc1OC(F)F. The number of rotatable bonds is 6. The molecule has 1 amide bonds. The number of hydrogen-bond acceptors (Lipinski definition) is 4. The third kappa shape index (κ3) is 4.68. The van der Waals surface area contributed by atoms with Gasteiger partial charge in [0.2, 0.25) is 5.91 Å². The maximum Gasteiger partial charge on any atom is 0.387 e. The van der Waals surface area contributed by atoms with Crippen LogP contribution in [0.5, 0.6) is 5.75 Å². The van der Waals surface area contributed by atoms with Crippen molar-refractivity contribution in [2.75, 3.05) is 0 Å². The maximum absolute atomic E-state index is 12.5. The molecule has 0 bridgehead atoms. The Morgan fingerprint density at radius 2 is 2.04 bits per heavy atom. The molecular weight excluding hydrogens is 424 g/mol. The molecule has 3 rings (SSSR count). The van der Waals surface area contributed by atoms with E-state index < -0.39 is 18.1 Å². The molecule has 9 heteroatoms. The highest BCUT2D eigenvalue weighted by Gasteiger charge is 2.13. The minimum absolute atomic E-state index is 0.0278. The van der Waals surface area contributed by atoms with Crippen LogP contribution in [0.25, 0.3) is 11.0 Å². The van der Waals surface area contributed by atoms with Crippen molar-refractivity contribution in [2.24, 2.45) is 0 Å². The number of hydrogen-bond donors (Lipinski definition) is 1. The van der Waals surface area contributed by atoms with Gasteiger partial charge in [-0.1, -0.05) is 28.1 Å². The number of benzene rings is 2. The molecule has 1 aromatic heterocycles. The van der Waals surface area contributed by atoms with Gasteiger partial charge >= 0.3 is 6.61 Å². The van der Waals surface area contributed by atoms with Gasteiger partial charge in [0.15, 0.2) is 0 Å². The molecular formula is C18H14BrF2N3O3. The second kappa shape index (κ2) is 8.26. The predicted octanol–water partition coefficient (Wildman–Crippen LogP) is 3.08. The fraction of sp³-hybridized carbons (Fsp3) is 0.167. The molecule has 0 spiro atoms. The Bertz CT molecular complexity index is 1040. The summed E-state index contributed by atoms with van der Waals surface area (Å²) in [4.78, 5) is 28.4. The summed E-state index contributed by atoms with van der Waals surface area (Å²) in [7, 11) is 0. The fourth-order valence-electron chi connectivity index (χ4n) is 2.57. The average molecular weight is 438 g/mol. The van der Waals surface area contributed by atoms with Gasteiger partial charge in [-0.2, -0.15) is 8.78 Å². The quantitative estimate of drug-likeness (QED) is 0.642. The van der Waals surface area contributed by atoms with E-state index in [1.807, 2.05) is 0 Å². The van der Waals surface area contributed by atoms with Gasteiger partial charge in [-0.25, -0.2) is 4.98 Å². The van der Waals surface area contributed by atoms with E-state index in [1.165, 1.54) is 10.6 Å². The van der Waals surface area contributed by atoms with Crippen molar-refractivity contribution in [3.05, 3.63) is 69.1 Å². The Labute approximate surface area is 160 Å². The summed E-state index contributed by atoms with van der Waals surface area (Å²) in [6.45, 7) is -3.22. The topological polar surface area (TPSA) is 73.2 Å². The van der Waals surface area contributed by atoms with Gasteiger partial charge in [-0.15, -0.1) is 0 Å². The number of alkyl halides is 2. The Hall–Kier alpha value is -2.81. The first-order valence-corrected chi connectivity index (χ1v) is 8.68. The van der Waals surface area contributed by atoms with Gasteiger partial charge in [0, 0.05) is 16.6 Å². The third-order valence-electron chi connectivity index (χ3n) is 3.77. The van der Waals surface area contributed by atoms with Crippen molar-refractivity contribution in [1.82, 2.24) is 14.9 Å². The monoisotopic (exact) mass is 437 g/mol. The predicted molar refractivity (Wildman–Crippen MR) is 98.6 cm³/mol. The summed E-state index contributed by atoms with van der Waals surface area (Å²) >= 11 is 3.25. The summed E-state index contributed by atoms with van der Waals surface area (Å²) in [6, 6.07) is 11.5. The minimum atomic E-state index is -2.97. The van der Waals surface area contributed by atoms with Crippen LogP contribution >= 0.6 is 15.9 Å². The lowest BCUT2D eigenvalue weighted by molar-refractivity contribution is -0.121. The lowest BCUT2D eigenvalue weighted by atomic mass is 10.2. The van der Waals surface area contributed by atoms with Crippen molar-refractivity contribution in [3.8, 4) is 5.75 Å². The highest BCUT2D eigenvalue weighted by Crippen LogP contribution is 2.24. The molecule has 0 unspecified atom stereocenters. The van der Waals surface area contributed by atoms with Crippen LogP contribution in [-0.4, -0.2) is 22.1 Å². The lowest BCUT2D eigenvalue weighted by Gasteiger charge is -2.13. The van der Waals surface area contributed by atoms with Crippen molar-refractivity contribution < 1.29 is 18.3 Å². The molecule has 0 saturated carbocycles. The van der Waals surface area contributed by atoms with Gasteiger partial charge in [-0.3, -0.25) is 14.2 Å². The smallest absolute Gasteiger partial charge is 0.387 e. The first-order valence-electron chi connectivity index (χ1n) is 7.88. The third-order valence-corrected chi connectivity index (χ3v) is 4.26. The minimum Gasteiger partial charge on any atom is -0.434 e. The Balaban J connectivity index is 1.76. The van der Waals surface area contributed by atoms with Crippen LogP contribution in [0, 0.1) is 0 Å². The van der Waals surface area contributed by atoms with Crippen LogP contribution in [0.2, 0.25) is 0 Å². The van der Waals surface area contributed by atoms with E-state index in [-0.39, 0.29) is 18.8 Å². The Morgan fingerprint density at radius 3 is 2.81 bits per heavy atom. The van der Waals surface area contributed by atoms with E-state index in [2.05, 4.69) is 31.0 Å².